The molecule has 0 N–H and O–H groups in total. The van der Waals surface area contributed by atoms with Crippen LogP contribution in [0.2, 0.25) is 0 Å². The van der Waals surface area contributed by atoms with Crippen molar-refractivity contribution in [1.82, 2.24) is 14.9 Å². The number of nitrogens with zero attached hydrogens (tertiary/aromatic N) is 3. The van der Waals surface area contributed by atoms with E-state index in [0.717, 1.165) is 19.3 Å². The lowest BCUT2D eigenvalue weighted by atomic mass is 9.86. The fraction of sp³-hybridized carbons (Fsp3) is 0.353. The molecule has 4 rings (SSSR count). The minimum Gasteiger partial charge on any atom is -0.494 e. The van der Waals surface area contributed by atoms with Crippen LogP contribution in [0.5, 0.6) is 0 Å². The van der Waals surface area contributed by atoms with Crippen molar-refractivity contribution < 1.29 is 9.53 Å². The summed E-state index contributed by atoms with van der Waals surface area (Å²) in [7, 11) is 0. The van der Waals surface area contributed by atoms with Crippen molar-refractivity contribution in [3.63, 3.8) is 0 Å². The Kier molecular flexibility index (Phi) is 3.61. The number of carbonyl (C=O) groups excluding carboxylic acids is 1. The van der Waals surface area contributed by atoms with E-state index in [4.69, 9.17) is 4.74 Å². The van der Waals surface area contributed by atoms with Crippen LogP contribution in [0.15, 0.2) is 42.4 Å². The van der Waals surface area contributed by atoms with E-state index in [9.17, 15) is 4.79 Å². The van der Waals surface area contributed by atoms with Crippen LogP contribution >= 0.6 is 11.3 Å². The molecule has 0 radical (unpaired) electrons. The monoisotopic (exact) mass is 327 g/mol. The molecule has 4 heterocycles. The Morgan fingerprint density at radius 2 is 2.17 bits per heavy atom. The van der Waals surface area contributed by atoms with Gasteiger partial charge in [0.2, 0.25) is 0 Å². The zero-order chi connectivity index (χ0) is 15.7. The van der Waals surface area contributed by atoms with Crippen molar-refractivity contribution in [2.24, 2.45) is 0 Å². The van der Waals surface area contributed by atoms with Gasteiger partial charge in [0.25, 0.3) is 5.91 Å². The summed E-state index contributed by atoms with van der Waals surface area (Å²) in [5.41, 5.74) is 1.54. The molecule has 0 atom stereocenters. The molecular formula is C17H17N3O2S. The Bertz CT molecular complexity index is 720. The fourth-order valence-corrected chi connectivity index (χ4v) is 3.95. The van der Waals surface area contributed by atoms with Gasteiger partial charge in [-0.2, -0.15) is 0 Å². The second-order valence-corrected chi connectivity index (χ2v) is 6.93. The van der Waals surface area contributed by atoms with Crippen LogP contribution in [0.3, 0.4) is 0 Å². The predicted molar refractivity (Wildman–Crippen MR) is 87.9 cm³/mol. The highest BCUT2D eigenvalue weighted by Gasteiger charge is 2.41. The van der Waals surface area contributed by atoms with Gasteiger partial charge in [-0.15, -0.1) is 11.3 Å². The highest BCUT2D eigenvalue weighted by Crippen LogP contribution is 2.42. The molecule has 5 nitrogen and oxygen atoms in total. The first kappa shape index (κ1) is 14.4. The lowest BCUT2D eigenvalue weighted by Gasteiger charge is -2.38. The largest absolute Gasteiger partial charge is 0.494 e. The fourth-order valence-electron chi connectivity index (χ4n) is 3.22. The molecule has 1 saturated heterocycles. The number of ether oxygens (including phenoxy) is 1. The highest BCUT2D eigenvalue weighted by atomic mass is 32.1. The predicted octanol–water partition coefficient (Wildman–Crippen LogP) is 2.97. The molecule has 2 aromatic rings. The van der Waals surface area contributed by atoms with Gasteiger partial charge >= 0.3 is 0 Å². The lowest BCUT2D eigenvalue weighted by Crippen LogP contribution is -2.46. The van der Waals surface area contributed by atoms with Gasteiger partial charge in [-0.25, -0.2) is 4.98 Å². The van der Waals surface area contributed by atoms with Crippen molar-refractivity contribution in [2.75, 3.05) is 13.1 Å². The Labute approximate surface area is 138 Å². The summed E-state index contributed by atoms with van der Waals surface area (Å²) in [5, 5.41) is 2.09. The maximum Gasteiger partial charge on any atom is 0.274 e. The number of carbonyl (C=O) groups is 1. The Morgan fingerprint density at radius 3 is 2.87 bits per heavy atom. The zero-order valence-electron chi connectivity index (χ0n) is 12.6. The van der Waals surface area contributed by atoms with Crippen LogP contribution in [0.1, 0.15) is 34.6 Å². The first-order chi connectivity index (χ1) is 11.3. The topological polar surface area (TPSA) is 55.3 Å². The summed E-state index contributed by atoms with van der Waals surface area (Å²) >= 11 is 1.74. The minimum absolute atomic E-state index is 0.0441. The van der Waals surface area contributed by atoms with E-state index >= 15 is 0 Å². The standard InChI is InChI=1S/C17H17N3O2S/c21-16(14-11-18-5-6-19-14)20-7-3-17(4-8-20)10-13(12-22-17)15-2-1-9-23-15/h1-2,5-6,9,11-12H,3-4,7-8,10H2. The van der Waals surface area contributed by atoms with Gasteiger partial charge in [-0.3, -0.25) is 9.78 Å². The van der Waals surface area contributed by atoms with E-state index in [1.807, 2.05) is 11.2 Å². The summed E-state index contributed by atoms with van der Waals surface area (Å²) in [5.74, 6) is -0.0441. The van der Waals surface area contributed by atoms with E-state index < -0.39 is 0 Å². The van der Waals surface area contributed by atoms with Gasteiger partial charge < -0.3 is 9.64 Å². The molecule has 2 aliphatic heterocycles. The van der Waals surface area contributed by atoms with E-state index in [-0.39, 0.29) is 11.5 Å². The van der Waals surface area contributed by atoms with Crippen LogP contribution in [0.25, 0.3) is 5.57 Å². The van der Waals surface area contributed by atoms with Crippen LogP contribution < -0.4 is 0 Å². The summed E-state index contributed by atoms with van der Waals surface area (Å²) in [6.07, 6.45) is 9.19. The lowest BCUT2D eigenvalue weighted by molar-refractivity contribution is -0.0114. The molecule has 0 saturated carbocycles. The van der Waals surface area contributed by atoms with Crippen molar-refractivity contribution in [1.29, 1.82) is 0 Å². The highest BCUT2D eigenvalue weighted by molar-refractivity contribution is 7.11. The third-order valence-corrected chi connectivity index (χ3v) is 5.49. The normalized spacial score (nSPS) is 19.5. The summed E-state index contributed by atoms with van der Waals surface area (Å²) in [6.45, 7) is 1.39. The molecule has 2 aromatic heterocycles. The number of amides is 1. The molecule has 2 aliphatic rings. The van der Waals surface area contributed by atoms with Crippen molar-refractivity contribution in [2.45, 2.75) is 24.9 Å². The minimum atomic E-state index is -0.140. The van der Waals surface area contributed by atoms with Crippen LogP contribution in [0, 0.1) is 0 Å². The molecule has 0 bridgehead atoms. The quantitative estimate of drug-likeness (QED) is 0.851. The zero-order valence-corrected chi connectivity index (χ0v) is 13.5. The molecule has 0 aromatic carbocycles. The molecule has 23 heavy (non-hydrogen) atoms. The van der Waals surface area contributed by atoms with Crippen LogP contribution in [-0.4, -0.2) is 39.5 Å². The van der Waals surface area contributed by atoms with E-state index in [1.165, 1.54) is 16.6 Å². The Hall–Kier alpha value is -2.21. The second-order valence-electron chi connectivity index (χ2n) is 5.98. The van der Waals surface area contributed by atoms with Crippen molar-refractivity contribution in [3.8, 4) is 0 Å². The number of rotatable bonds is 2. The van der Waals surface area contributed by atoms with E-state index in [0.29, 0.717) is 18.8 Å². The first-order valence-corrected chi connectivity index (χ1v) is 8.60. The number of hydrogen-bond donors (Lipinski definition) is 0. The SMILES string of the molecule is O=C(c1cnccn1)N1CCC2(CC1)CC(c1cccs1)=CO2. The third kappa shape index (κ3) is 2.74. The Balaban J connectivity index is 1.40. The summed E-state index contributed by atoms with van der Waals surface area (Å²) in [6, 6.07) is 4.19. The maximum atomic E-state index is 12.4. The molecule has 118 valence electrons. The summed E-state index contributed by atoms with van der Waals surface area (Å²) < 4.78 is 6.03. The van der Waals surface area contributed by atoms with E-state index in [1.54, 1.807) is 23.7 Å². The molecule has 1 fully saturated rings. The first-order valence-electron chi connectivity index (χ1n) is 7.72. The maximum absolute atomic E-state index is 12.4. The average molecular weight is 327 g/mol. The van der Waals surface area contributed by atoms with Crippen molar-refractivity contribution in [3.05, 3.63) is 52.9 Å². The summed E-state index contributed by atoms with van der Waals surface area (Å²) in [4.78, 5) is 23.6. The van der Waals surface area contributed by atoms with Gasteiger partial charge in [0.05, 0.1) is 12.5 Å². The average Bonchev–Trinajstić information content (AvgIpc) is 3.26. The van der Waals surface area contributed by atoms with Crippen molar-refractivity contribution >= 4 is 22.8 Å². The number of aromatic nitrogens is 2. The van der Waals surface area contributed by atoms with Crippen LogP contribution in [0.4, 0.5) is 0 Å². The van der Waals surface area contributed by atoms with Gasteiger partial charge in [0.1, 0.15) is 11.3 Å². The van der Waals surface area contributed by atoms with Gasteiger partial charge in [-0.1, -0.05) is 6.07 Å². The third-order valence-electron chi connectivity index (χ3n) is 4.55. The van der Waals surface area contributed by atoms with Gasteiger partial charge in [0, 0.05) is 55.2 Å². The second kappa shape index (κ2) is 5.77. The van der Waals surface area contributed by atoms with Gasteiger partial charge in [0.15, 0.2) is 0 Å². The number of hydrogen-bond acceptors (Lipinski definition) is 5. The molecule has 0 unspecified atom stereocenters. The van der Waals surface area contributed by atoms with E-state index in [2.05, 4.69) is 27.5 Å². The molecule has 6 heteroatoms. The van der Waals surface area contributed by atoms with Gasteiger partial charge in [-0.05, 0) is 11.4 Å². The molecular weight excluding hydrogens is 310 g/mol. The number of piperidine rings is 1. The number of likely N-dealkylation sites (tertiary alicyclic amines) is 1. The van der Waals surface area contributed by atoms with Crippen LogP contribution in [-0.2, 0) is 4.74 Å². The number of thiophene rings is 1. The molecule has 1 spiro atoms. The molecule has 1 amide bonds. The Morgan fingerprint density at radius 1 is 1.30 bits per heavy atom. The smallest absolute Gasteiger partial charge is 0.274 e. The molecule has 0 aliphatic carbocycles.